The largest absolute Gasteiger partial charge is 0.466 e. The molecule has 0 spiro atoms. The lowest BCUT2D eigenvalue weighted by molar-refractivity contribution is -0.157. The number of aliphatic hydroxyl groups excluding tert-OH is 1. The van der Waals surface area contributed by atoms with Crippen LogP contribution in [0.2, 0.25) is 0 Å². The molecule has 1 aliphatic rings. The Kier molecular flexibility index (Phi) is 34.0. The van der Waals surface area contributed by atoms with Crippen molar-refractivity contribution >= 4 is 70.9 Å². The van der Waals surface area contributed by atoms with Crippen LogP contribution in [-0.4, -0.2) is 239 Å². The highest BCUT2D eigenvalue weighted by atomic mass is 16.5. The van der Waals surface area contributed by atoms with Crippen LogP contribution < -0.4 is 21.3 Å². The van der Waals surface area contributed by atoms with Gasteiger partial charge in [-0.15, -0.1) is 0 Å². The Bertz CT molecular complexity index is 2490. The molecule has 1 unspecified atom stereocenters. The zero-order valence-corrected chi connectivity index (χ0v) is 58.8. The summed E-state index contributed by atoms with van der Waals surface area (Å²) in [6, 6.07) is -12.7. The number of hydrogen-bond acceptors (Lipinski definition) is 14. The van der Waals surface area contributed by atoms with Gasteiger partial charge in [0.05, 0.1) is 19.3 Å². The van der Waals surface area contributed by atoms with E-state index in [1.165, 1.54) is 94.6 Å². The summed E-state index contributed by atoms with van der Waals surface area (Å²) in [6.45, 7) is 28.7. The average molecular weight is 1270 g/mol. The monoisotopic (exact) mass is 1270 g/mol. The molecule has 0 aromatic rings. The van der Waals surface area contributed by atoms with E-state index in [1.54, 1.807) is 53.7 Å². The Balaban J connectivity index is 4.35. The number of likely N-dealkylation sites (N-methyl/N-ethyl adjacent to an activating group) is 7. The Morgan fingerprint density at radius 3 is 1.41 bits per heavy atom. The minimum Gasteiger partial charge on any atom is -0.466 e. The Morgan fingerprint density at radius 2 is 0.944 bits per heavy atom. The van der Waals surface area contributed by atoms with Gasteiger partial charge in [-0.1, -0.05) is 109 Å². The van der Waals surface area contributed by atoms with Crippen molar-refractivity contribution in [3.8, 4) is 0 Å². The molecule has 0 aliphatic carbocycles. The maximum absolute atomic E-state index is 15.3. The van der Waals surface area contributed by atoms with Crippen LogP contribution in [0.25, 0.3) is 0 Å². The summed E-state index contributed by atoms with van der Waals surface area (Å²) < 4.78 is 5.05. The molecule has 5 N–H and O–H groups in total. The van der Waals surface area contributed by atoms with Crippen LogP contribution in [0, 0.1) is 41.4 Å². The fraction of sp³-hybridized carbons (Fsp3) is 0.785. The van der Waals surface area contributed by atoms with Crippen LogP contribution in [-0.2, 0) is 62.3 Å². The number of esters is 1. The zero-order chi connectivity index (χ0) is 69.7. The highest BCUT2D eigenvalue weighted by molar-refractivity contribution is 5.99. The molecule has 1 fully saturated rings. The minimum atomic E-state index is -1.70. The summed E-state index contributed by atoms with van der Waals surface area (Å²) in [6.07, 6.45) is 3.18. The van der Waals surface area contributed by atoms with E-state index in [2.05, 4.69) is 21.3 Å². The highest BCUT2D eigenvalue weighted by Gasteiger charge is 2.45. The van der Waals surface area contributed by atoms with Gasteiger partial charge >= 0.3 is 5.97 Å². The van der Waals surface area contributed by atoms with Crippen molar-refractivity contribution in [3.05, 3.63) is 12.2 Å². The molecule has 1 rings (SSSR count). The number of nitrogens with zero attached hydrogens (tertiary/aromatic N) is 7. The number of carbonyl (C=O) groups excluding carboxylic acids is 12. The summed E-state index contributed by atoms with van der Waals surface area (Å²) in [7, 11) is 9.79. The topological polar surface area (TPSA) is 305 Å². The number of allylic oxidation sites excluding steroid dienone is 1. The molecule has 1 aliphatic heterocycles. The maximum Gasteiger partial charge on any atom is 0.302 e. The van der Waals surface area contributed by atoms with Gasteiger partial charge in [-0.05, 0) is 94.3 Å². The second-order valence-corrected chi connectivity index (χ2v) is 27.1. The Labute approximate surface area is 537 Å². The summed E-state index contributed by atoms with van der Waals surface area (Å²) in [4.78, 5) is 181. The first-order chi connectivity index (χ1) is 41.6. The van der Waals surface area contributed by atoms with Crippen molar-refractivity contribution in [1.29, 1.82) is 0 Å². The van der Waals surface area contributed by atoms with Crippen molar-refractivity contribution in [2.75, 3.05) is 62.5 Å². The lowest BCUT2D eigenvalue weighted by Gasteiger charge is -2.41. The van der Waals surface area contributed by atoms with E-state index in [0.717, 1.165) is 9.80 Å². The third kappa shape index (κ3) is 23.9. The highest BCUT2D eigenvalue weighted by Crippen LogP contribution is 2.25. The molecule has 25 nitrogen and oxygen atoms in total. The summed E-state index contributed by atoms with van der Waals surface area (Å²) in [5.41, 5.74) is 0. The number of unbranched alkanes of at least 4 members (excludes halogenated alkanes) is 1. The van der Waals surface area contributed by atoms with Gasteiger partial charge in [-0.3, -0.25) is 57.5 Å². The number of rotatable bonds is 18. The first-order valence-corrected chi connectivity index (χ1v) is 32.1. The maximum atomic E-state index is 15.3. The van der Waals surface area contributed by atoms with Crippen LogP contribution in [0.4, 0.5) is 0 Å². The van der Waals surface area contributed by atoms with Crippen molar-refractivity contribution in [1.82, 2.24) is 55.6 Å². The number of aliphatic hydroxyl groups is 1. The fourth-order valence-electron chi connectivity index (χ4n) is 11.0. The van der Waals surface area contributed by atoms with Gasteiger partial charge in [-0.2, -0.15) is 0 Å². The molecule has 0 aromatic heterocycles. The van der Waals surface area contributed by atoms with E-state index < -0.39 is 162 Å². The van der Waals surface area contributed by atoms with Crippen molar-refractivity contribution < 1.29 is 67.4 Å². The van der Waals surface area contributed by atoms with Crippen molar-refractivity contribution in [2.24, 2.45) is 41.4 Å². The molecular weight excluding hydrogens is 1160 g/mol. The smallest absolute Gasteiger partial charge is 0.302 e. The molecule has 0 aromatic carbocycles. The standard InChI is InChI=1S/C65H115N11O14/c1-25-46-61(85)70(18)35-51(78)71(19)47(31-36(2)3)58(82)69-52(40(10)11)64(88)72(20)48(32-37(4)5)57(81)66-43(15)56(80)67-44(16)60(84)73(21)49(33-38(6)7)62(86)74(22)50(34-39(8)9)63(87)75(23)53(41(12)13)65(89)76(24)54(59(83)68-46)55(79)42(14)29-27-26-28-30-90-45(17)77/h27,29,36-44,46-50,52-55,79H,25-26,28,30-35H2,1-24H3,(H,66,81)(H,67,80)(H,68,83)(H,69,82)/b29-27+/t42-,43+,44-,46+,47+,48+,49+,50+,52+,53+,54?,55-/m1/s1. The average Bonchev–Trinajstić information content (AvgIpc) is 0.975. The summed E-state index contributed by atoms with van der Waals surface area (Å²) >= 11 is 0. The minimum absolute atomic E-state index is 0.0152. The second kappa shape index (κ2) is 37.6. The van der Waals surface area contributed by atoms with Crippen LogP contribution in [0.5, 0.6) is 0 Å². The normalized spacial score (nSPS) is 26.0. The summed E-state index contributed by atoms with van der Waals surface area (Å²) in [5, 5.41) is 23.2. The van der Waals surface area contributed by atoms with Gasteiger partial charge in [0.1, 0.15) is 60.4 Å². The second-order valence-electron chi connectivity index (χ2n) is 27.1. The van der Waals surface area contributed by atoms with Crippen LogP contribution in [0.15, 0.2) is 12.2 Å². The molecule has 0 radical (unpaired) electrons. The van der Waals surface area contributed by atoms with Gasteiger partial charge in [0, 0.05) is 62.2 Å². The van der Waals surface area contributed by atoms with Gasteiger partial charge in [0.15, 0.2) is 0 Å². The van der Waals surface area contributed by atoms with Crippen LogP contribution in [0.1, 0.15) is 163 Å². The lowest BCUT2D eigenvalue weighted by Crippen LogP contribution is -2.63. The number of hydrogen-bond donors (Lipinski definition) is 5. The Morgan fingerprint density at radius 1 is 0.511 bits per heavy atom. The van der Waals surface area contributed by atoms with Crippen molar-refractivity contribution in [3.63, 3.8) is 0 Å². The quantitative estimate of drug-likeness (QED) is 0.0749. The predicted octanol–water partition coefficient (Wildman–Crippen LogP) is 3.20. The van der Waals surface area contributed by atoms with Gasteiger partial charge in [0.2, 0.25) is 65.0 Å². The van der Waals surface area contributed by atoms with E-state index in [0.29, 0.717) is 12.8 Å². The third-order valence-electron chi connectivity index (χ3n) is 16.5. The van der Waals surface area contributed by atoms with Gasteiger partial charge in [-0.25, -0.2) is 0 Å². The first-order valence-electron chi connectivity index (χ1n) is 32.1. The lowest BCUT2D eigenvalue weighted by atomic mass is 9.92. The van der Waals surface area contributed by atoms with E-state index in [1.807, 2.05) is 55.4 Å². The molecular formula is C65H115N11O14. The number of carbonyl (C=O) groups is 12. The SMILES string of the molecule is CC[C@@H]1NC(=O)C([C@H](O)[C@H](C)/C=C/CCCOC(C)=O)N(C)C(=O)[C@H](C(C)C)N(C)C(=O)[C@H](CC(C)C)N(C)C(=O)[C@H](CC(C)C)N(C)C(=O)[C@@H](C)NC(=O)[C@H](C)NC(=O)[C@H](CC(C)C)N(C)C(=O)[C@H](C(C)C)NC(=O)[C@H](CC(C)C)N(C)C(=O)CN(C)C1=O. The van der Waals surface area contributed by atoms with E-state index in [4.69, 9.17) is 4.74 Å². The molecule has 25 heteroatoms. The third-order valence-corrected chi connectivity index (χ3v) is 16.5. The number of ether oxygens (including phenoxy) is 1. The molecule has 90 heavy (non-hydrogen) atoms. The van der Waals surface area contributed by atoms with Crippen molar-refractivity contribution in [2.45, 2.75) is 229 Å². The molecule has 0 bridgehead atoms. The van der Waals surface area contributed by atoms with E-state index in [9.17, 15) is 48.3 Å². The number of amides is 11. The first kappa shape index (κ1) is 81.4. The fourth-order valence-corrected chi connectivity index (χ4v) is 11.0. The molecule has 514 valence electrons. The van der Waals surface area contributed by atoms with Gasteiger partial charge < -0.3 is 65.4 Å². The molecule has 0 saturated carbocycles. The molecule has 12 atom stereocenters. The van der Waals surface area contributed by atoms with E-state index >= 15 is 14.4 Å². The molecule has 1 heterocycles. The van der Waals surface area contributed by atoms with Crippen LogP contribution in [0.3, 0.4) is 0 Å². The number of nitrogens with one attached hydrogen (secondary N) is 4. The van der Waals surface area contributed by atoms with E-state index in [-0.39, 0.29) is 62.4 Å². The Hall–Kier alpha value is -6.66. The molecule has 11 amide bonds. The molecule has 1 saturated heterocycles. The summed E-state index contributed by atoms with van der Waals surface area (Å²) in [5.74, 6) is -10.8. The predicted molar refractivity (Wildman–Crippen MR) is 344 cm³/mol. The van der Waals surface area contributed by atoms with Crippen LogP contribution >= 0.6 is 0 Å². The van der Waals surface area contributed by atoms with Gasteiger partial charge in [0.25, 0.3) is 0 Å². The zero-order valence-electron chi connectivity index (χ0n) is 58.8.